The van der Waals surface area contributed by atoms with Crippen LogP contribution in [0, 0.1) is 20.8 Å². The number of halogens is 1. The van der Waals surface area contributed by atoms with Gasteiger partial charge in [0.2, 0.25) is 0 Å². The molecule has 1 heterocycles. The van der Waals surface area contributed by atoms with Gasteiger partial charge < -0.3 is 4.74 Å². The molecule has 3 aromatic carbocycles. The van der Waals surface area contributed by atoms with Gasteiger partial charge in [-0.25, -0.2) is 0 Å². The molecule has 3 heteroatoms. The maximum Gasteiger partial charge on any atom is 0.182 e. The Hall–Kier alpha value is -3.36. The van der Waals surface area contributed by atoms with Crippen molar-refractivity contribution in [3.05, 3.63) is 131 Å². The van der Waals surface area contributed by atoms with E-state index in [2.05, 4.69) is 61.7 Å². The summed E-state index contributed by atoms with van der Waals surface area (Å²) in [6, 6.07) is 33.0. The summed E-state index contributed by atoms with van der Waals surface area (Å²) < 4.78 is 8.35. The lowest BCUT2D eigenvalue weighted by atomic mass is 9.95. The first-order valence-corrected chi connectivity index (χ1v) is 11.6. The van der Waals surface area contributed by atoms with Crippen molar-refractivity contribution in [2.45, 2.75) is 27.3 Å². The fourth-order valence-electron chi connectivity index (χ4n) is 4.21. The third kappa shape index (κ3) is 5.53. The third-order valence-corrected chi connectivity index (χ3v) is 6.17. The van der Waals surface area contributed by atoms with E-state index in [0.717, 1.165) is 39.6 Å². The van der Waals surface area contributed by atoms with E-state index in [4.69, 9.17) is 16.3 Å². The Morgan fingerprint density at radius 2 is 1.21 bits per heavy atom. The molecule has 0 spiro atoms. The average Bonchev–Trinajstić information content (AvgIpc) is 2.83. The summed E-state index contributed by atoms with van der Waals surface area (Å²) in [7, 11) is 0. The van der Waals surface area contributed by atoms with Gasteiger partial charge in [0.25, 0.3) is 0 Å². The van der Waals surface area contributed by atoms with E-state index in [1.807, 2.05) is 60.7 Å². The van der Waals surface area contributed by atoms with Crippen LogP contribution in [0.25, 0.3) is 10.6 Å². The molecule has 0 unspecified atom stereocenters. The number of nitrogens with zero attached hydrogens (tertiary/aromatic N) is 1. The summed E-state index contributed by atoms with van der Waals surface area (Å²) in [5.74, 6) is 0.852. The van der Waals surface area contributed by atoms with Crippen molar-refractivity contribution in [2.24, 2.45) is 0 Å². The molecule has 0 amide bonds. The van der Waals surface area contributed by atoms with Gasteiger partial charge in [-0.3, -0.25) is 0 Å². The molecule has 0 N–H and O–H groups in total. The SMILES string of the molecule is Cc1cc(C)[n+](CCOc2ccc(/C(=C(\Cl)c3ccccc3)c3ccccc3)cc2)c(C)c1. The number of benzene rings is 3. The molecule has 0 fully saturated rings. The Labute approximate surface area is 201 Å². The monoisotopic (exact) mass is 454 g/mol. The number of rotatable bonds is 7. The van der Waals surface area contributed by atoms with Crippen LogP contribution in [0.5, 0.6) is 5.75 Å². The van der Waals surface area contributed by atoms with Gasteiger partial charge in [-0.2, -0.15) is 4.57 Å². The molecule has 0 aliphatic rings. The number of ether oxygens (including phenoxy) is 1. The van der Waals surface area contributed by atoms with Gasteiger partial charge in [-0.05, 0) is 41.3 Å². The average molecular weight is 455 g/mol. The highest BCUT2D eigenvalue weighted by molar-refractivity contribution is 6.53. The molecule has 0 saturated heterocycles. The van der Waals surface area contributed by atoms with Crippen molar-refractivity contribution < 1.29 is 9.30 Å². The predicted molar refractivity (Wildman–Crippen MR) is 137 cm³/mol. The van der Waals surface area contributed by atoms with Crippen LogP contribution in [-0.2, 0) is 6.54 Å². The van der Waals surface area contributed by atoms with Crippen LogP contribution < -0.4 is 9.30 Å². The number of pyridine rings is 1. The highest BCUT2D eigenvalue weighted by Crippen LogP contribution is 2.35. The minimum absolute atomic E-state index is 0.612. The van der Waals surface area contributed by atoms with Crippen LogP contribution in [0.4, 0.5) is 0 Å². The molecule has 166 valence electrons. The number of aryl methyl sites for hydroxylation is 3. The third-order valence-electron chi connectivity index (χ3n) is 5.76. The minimum atomic E-state index is 0.612. The molecule has 0 aliphatic heterocycles. The summed E-state index contributed by atoms with van der Waals surface area (Å²) in [5, 5.41) is 0.734. The van der Waals surface area contributed by atoms with Crippen molar-refractivity contribution in [3.63, 3.8) is 0 Å². The molecule has 0 atom stereocenters. The Kier molecular flexibility index (Phi) is 7.26. The van der Waals surface area contributed by atoms with Gasteiger partial charge in [0.15, 0.2) is 17.9 Å². The molecule has 0 radical (unpaired) electrons. The van der Waals surface area contributed by atoms with Crippen molar-refractivity contribution in [3.8, 4) is 5.75 Å². The second-order valence-corrected chi connectivity index (χ2v) is 8.64. The van der Waals surface area contributed by atoms with E-state index in [0.29, 0.717) is 6.61 Å². The quantitative estimate of drug-likeness (QED) is 0.214. The summed E-state index contributed by atoms with van der Waals surface area (Å²) in [4.78, 5) is 0. The van der Waals surface area contributed by atoms with Gasteiger partial charge >= 0.3 is 0 Å². The van der Waals surface area contributed by atoms with Crippen LogP contribution in [-0.4, -0.2) is 6.61 Å². The fourth-order valence-corrected chi connectivity index (χ4v) is 4.56. The van der Waals surface area contributed by atoms with Crippen LogP contribution in [0.1, 0.15) is 33.6 Å². The largest absolute Gasteiger partial charge is 0.487 e. The number of hydrogen-bond acceptors (Lipinski definition) is 1. The van der Waals surface area contributed by atoms with Crippen molar-refractivity contribution in [1.82, 2.24) is 0 Å². The molecule has 0 aliphatic carbocycles. The van der Waals surface area contributed by atoms with Crippen LogP contribution in [0.15, 0.2) is 97.1 Å². The van der Waals surface area contributed by atoms with Crippen molar-refractivity contribution in [1.29, 1.82) is 0 Å². The highest BCUT2D eigenvalue weighted by Gasteiger charge is 2.14. The smallest absolute Gasteiger partial charge is 0.182 e. The Morgan fingerprint density at radius 3 is 1.79 bits per heavy atom. The Morgan fingerprint density at radius 1 is 0.697 bits per heavy atom. The molecule has 0 saturated carbocycles. The van der Waals surface area contributed by atoms with Crippen LogP contribution >= 0.6 is 11.6 Å². The van der Waals surface area contributed by atoms with Crippen LogP contribution in [0.2, 0.25) is 0 Å². The summed E-state index contributed by atoms with van der Waals surface area (Å²) >= 11 is 6.92. The van der Waals surface area contributed by atoms with E-state index < -0.39 is 0 Å². The molecular weight excluding hydrogens is 426 g/mol. The lowest BCUT2D eigenvalue weighted by molar-refractivity contribution is -0.709. The van der Waals surface area contributed by atoms with Gasteiger partial charge in [0, 0.05) is 31.6 Å². The molecule has 4 aromatic rings. The fraction of sp³-hybridized carbons (Fsp3) is 0.167. The summed E-state index contributed by atoms with van der Waals surface area (Å²) in [5.41, 5.74) is 7.94. The van der Waals surface area contributed by atoms with Crippen molar-refractivity contribution in [2.75, 3.05) is 6.61 Å². The normalized spacial score (nSPS) is 11.8. The zero-order valence-electron chi connectivity index (χ0n) is 19.4. The first-order chi connectivity index (χ1) is 16.0. The van der Waals surface area contributed by atoms with Gasteiger partial charge in [-0.15, -0.1) is 0 Å². The Bertz CT molecular complexity index is 1220. The van der Waals surface area contributed by atoms with E-state index in [9.17, 15) is 0 Å². The molecule has 0 bridgehead atoms. The molecule has 2 nitrogen and oxygen atoms in total. The second kappa shape index (κ2) is 10.5. The standard InChI is InChI=1S/C30H29ClNO/c1-22-20-23(2)32(24(3)21-22)18-19-33-28-16-14-26(15-17-28)29(25-10-6-4-7-11-25)30(31)27-12-8-5-9-13-27/h4-17,20-21H,18-19H2,1-3H3/q+1/b30-29-. The van der Waals surface area contributed by atoms with E-state index in [-0.39, 0.29) is 0 Å². The van der Waals surface area contributed by atoms with Gasteiger partial charge in [0.1, 0.15) is 12.4 Å². The maximum absolute atomic E-state index is 6.92. The molecular formula is C30H29ClNO+. The second-order valence-electron chi connectivity index (χ2n) is 8.26. The van der Waals surface area contributed by atoms with E-state index >= 15 is 0 Å². The maximum atomic E-state index is 6.92. The molecule has 33 heavy (non-hydrogen) atoms. The van der Waals surface area contributed by atoms with E-state index in [1.54, 1.807) is 0 Å². The predicted octanol–water partition coefficient (Wildman–Crippen LogP) is 7.13. The summed E-state index contributed by atoms with van der Waals surface area (Å²) in [6.07, 6.45) is 0. The zero-order valence-corrected chi connectivity index (χ0v) is 20.1. The number of aromatic nitrogens is 1. The highest BCUT2D eigenvalue weighted by atomic mass is 35.5. The first kappa shape index (κ1) is 22.8. The van der Waals surface area contributed by atoms with Crippen molar-refractivity contribution >= 4 is 22.2 Å². The molecule has 4 rings (SSSR count). The van der Waals surface area contributed by atoms with Crippen LogP contribution in [0.3, 0.4) is 0 Å². The summed E-state index contributed by atoms with van der Waals surface area (Å²) in [6.45, 7) is 7.84. The van der Waals surface area contributed by atoms with Gasteiger partial charge in [-0.1, -0.05) is 84.4 Å². The molecule has 1 aromatic heterocycles. The minimum Gasteiger partial charge on any atom is -0.487 e. The lowest BCUT2D eigenvalue weighted by Crippen LogP contribution is -2.42. The lowest BCUT2D eigenvalue weighted by Gasteiger charge is -2.13. The van der Waals surface area contributed by atoms with E-state index in [1.165, 1.54) is 17.0 Å². The van der Waals surface area contributed by atoms with Gasteiger partial charge in [0.05, 0.1) is 5.03 Å². The zero-order chi connectivity index (χ0) is 23.2. The first-order valence-electron chi connectivity index (χ1n) is 11.2. The topological polar surface area (TPSA) is 13.1 Å². The Balaban J connectivity index is 1.55. The number of hydrogen-bond donors (Lipinski definition) is 0.